The van der Waals surface area contributed by atoms with Crippen LogP contribution >= 0.6 is 0 Å². The van der Waals surface area contributed by atoms with Crippen molar-refractivity contribution in [2.45, 2.75) is 39.3 Å². The number of nitrogens with one attached hydrogen (secondary N) is 1. The number of nitrogens with zero attached hydrogens (tertiary/aromatic N) is 4. The van der Waals surface area contributed by atoms with Gasteiger partial charge in [0.2, 0.25) is 5.91 Å². The van der Waals surface area contributed by atoms with Gasteiger partial charge in [-0.25, -0.2) is 14.4 Å². The third-order valence-corrected chi connectivity index (χ3v) is 5.62. The summed E-state index contributed by atoms with van der Waals surface area (Å²) in [5, 5.41) is 3.64. The summed E-state index contributed by atoms with van der Waals surface area (Å²) in [6.07, 6.45) is 8.56. The van der Waals surface area contributed by atoms with Crippen molar-refractivity contribution in [2.24, 2.45) is 5.92 Å². The molecule has 0 aromatic carbocycles. The number of anilines is 1. The van der Waals surface area contributed by atoms with Crippen LogP contribution in [0.3, 0.4) is 0 Å². The van der Waals surface area contributed by atoms with Crippen LogP contribution in [0.2, 0.25) is 0 Å². The van der Waals surface area contributed by atoms with Gasteiger partial charge in [0, 0.05) is 53.1 Å². The molecule has 30 heavy (non-hydrogen) atoms. The number of amides is 1. The lowest BCUT2D eigenvalue weighted by Gasteiger charge is -2.12. The molecule has 7 heteroatoms. The van der Waals surface area contributed by atoms with Crippen molar-refractivity contribution in [3.63, 3.8) is 0 Å². The van der Waals surface area contributed by atoms with Gasteiger partial charge in [0.1, 0.15) is 17.6 Å². The molecule has 1 fully saturated rings. The Hall–Kier alpha value is -3.35. The van der Waals surface area contributed by atoms with E-state index in [4.69, 9.17) is 0 Å². The zero-order chi connectivity index (χ0) is 20.8. The van der Waals surface area contributed by atoms with Gasteiger partial charge in [0.05, 0.1) is 11.4 Å². The molecule has 1 aliphatic rings. The molecule has 0 bridgehead atoms. The Morgan fingerprint density at radius 2 is 2.03 bits per heavy atom. The number of carbonyl (C=O) groups is 1. The lowest BCUT2D eigenvalue weighted by atomic mass is 10.0. The predicted molar refractivity (Wildman–Crippen MR) is 114 cm³/mol. The summed E-state index contributed by atoms with van der Waals surface area (Å²) in [5.74, 6) is -0.456. The van der Waals surface area contributed by atoms with Gasteiger partial charge in [-0.3, -0.25) is 14.2 Å². The summed E-state index contributed by atoms with van der Waals surface area (Å²) in [6, 6.07) is 5.99. The minimum absolute atomic E-state index is 0.291. The molecule has 1 saturated carbocycles. The second-order valence-corrected chi connectivity index (χ2v) is 7.90. The Balaban J connectivity index is 1.58. The van der Waals surface area contributed by atoms with Crippen LogP contribution in [0.1, 0.15) is 31.0 Å². The quantitative estimate of drug-likeness (QED) is 0.532. The summed E-state index contributed by atoms with van der Waals surface area (Å²) >= 11 is 0. The fraction of sp³-hybridized carbons (Fsp3) is 0.304. The van der Waals surface area contributed by atoms with Crippen molar-refractivity contribution < 1.29 is 9.18 Å². The molecule has 0 radical (unpaired) electrons. The molecule has 2 atom stereocenters. The third-order valence-electron chi connectivity index (χ3n) is 5.62. The molecular weight excluding hydrogens is 381 g/mol. The topological polar surface area (TPSA) is 72.2 Å². The van der Waals surface area contributed by atoms with Crippen LogP contribution in [0.5, 0.6) is 0 Å². The monoisotopic (exact) mass is 403 g/mol. The first-order valence-electron chi connectivity index (χ1n) is 10.2. The summed E-state index contributed by atoms with van der Waals surface area (Å²) in [4.78, 5) is 25.6. The second-order valence-electron chi connectivity index (χ2n) is 7.90. The molecule has 4 heterocycles. The van der Waals surface area contributed by atoms with Crippen LogP contribution in [-0.2, 0) is 11.2 Å². The molecule has 1 amide bonds. The van der Waals surface area contributed by atoms with Gasteiger partial charge in [-0.2, -0.15) is 0 Å². The standard InChI is InChI=1S/C23H22FN5O/c1-3-4-15-7-13(2)18(12-26-15)16-8-14-11-27-21(28-23(30)17-9-19(17)24)10-20(14)29-6-5-25-22(16)29/h5-8,10-12,17,19H,3-4,9H2,1-2H3,(H,27,28,30). The zero-order valence-corrected chi connectivity index (χ0v) is 16.9. The third kappa shape index (κ3) is 3.20. The van der Waals surface area contributed by atoms with Gasteiger partial charge >= 0.3 is 0 Å². The molecule has 4 aromatic heterocycles. The van der Waals surface area contributed by atoms with Crippen LogP contribution in [0, 0.1) is 12.8 Å². The van der Waals surface area contributed by atoms with E-state index >= 15 is 0 Å². The van der Waals surface area contributed by atoms with Crippen LogP contribution in [0.15, 0.2) is 43.0 Å². The fourth-order valence-corrected chi connectivity index (χ4v) is 3.90. The Kier molecular flexibility index (Phi) is 4.46. The molecule has 5 rings (SSSR count). The summed E-state index contributed by atoms with van der Waals surface area (Å²) in [7, 11) is 0. The highest BCUT2D eigenvalue weighted by Gasteiger charge is 2.43. The summed E-state index contributed by atoms with van der Waals surface area (Å²) in [5.41, 5.74) is 5.94. The first kappa shape index (κ1) is 18.7. The SMILES string of the molecule is CCCc1cc(C)c(-c2cc3cnc(NC(=O)C4CC4F)cc3n3ccnc23)cn1. The van der Waals surface area contributed by atoms with E-state index in [0.29, 0.717) is 12.2 Å². The predicted octanol–water partition coefficient (Wildman–Crippen LogP) is 4.50. The highest BCUT2D eigenvalue weighted by molar-refractivity contribution is 5.97. The lowest BCUT2D eigenvalue weighted by molar-refractivity contribution is -0.117. The van der Waals surface area contributed by atoms with Gasteiger partial charge < -0.3 is 5.32 Å². The van der Waals surface area contributed by atoms with E-state index < -0.39 is 12.1 Å². The Labute approximate surface area is 173 Å². The number of pyridine rings is 3. The van der Waals surface area contributed by atoms with Crippen LogP contribution in [0.4, 0.5) is 10.2 Å². The Morgan fingerprint density at radius 3 is 2.77 bits per heavy atom. The average Bonchev–Trinajstić information content (AvgIpc) is 3.26. The van der Waals surface area contributed by atoms with Gasteiger partial charge in [-0.05, 0) is 37.5 Å². The second kappa shape index (κ2) is 7.16. The van der Waals surface area contributed by atoms with Crippen molar-refractivity contribution in [1.29, 1.82) is 0 Å². The van der Waals surface area contributed by atoms with Gasteiger partial charge in [-0.15, -0.1) is 0 Å². The molecule has 1 aliphatic carbocycles. The van der Waals surface area contributed by atoms with Crippen LogP contribution < -0.4 is 5.32 Å². The van der Waals surface area contributed by atoms with Crippen LogP contribution in [-0.4, -0.2) is 31.4 Å². The van der Waals surface area contributed by atoms with E-state index in [1.54, 1.807) is 18.5 Å². The number of carbonyl (C=O) groups excluding carboxylic acids is 1. The molecule has 0 aliphatic heterocycles. The Morgan fingerprint density at radius 1 is 1.20 bits per heavy atom. The number of aromatic nitrogens is 4. The summed E-state index contributed by atoms with van der Waals surface area (Å²) < 4.78 is 15.1. The minimum Gasteiger partial charge on any atom is -0.310 e. The Bertz CT molecular complexity index is 1280. The number of fused-ring (bicyclic) bond motifs is 3. The first-order chi connectivity index (χ1) is 14.5. The van der Waals surface area contributed by atoms with E-state index in [-0.39, 0.29) is 5.91 Å². The molecule has 4 aromatic rings. The van der Waals surface area contributed by atoms with E-state index in [9.17, 15) is 9.18 Å². The summed E-state index contributed by atoms with van der Waals surface area (Å²) in [6.45, 7) is 4.24. The van der Waals surface area contributed by atoms with Crippen molar-refractivity contribution >= 4 is 28.3 Å². The van der Waals surface area contributed by atoms with E-state index in [0.717, 1.165) is 51.8 Å². The normalized spacial score (nSPS) is 18.1. The molecule has 1 N–H and O–H groups in total. The molecular formula is C23H22FN5O. The highest BCUT2D eigenvalue weighted by atomic mass is 19.1. The number of imidazole rings is 1. The smallest absolute Gasteiger partial charge is 0.231 e. The molecule has 2 unspecified atom stereocenters. The highest BCUT2D eigenvalue weighted by Crippen LogP contribution is 2.35. The zero-order valence-electron chi connectivity index (χ0n) is 16.9. The number of hydrogen-bond acceptors (Lipinski definition) is 4. The fourth-order valence-electron chi connectivity index (χ4n) is 3.90. The maximum Gasteiger partial charge on any atom is 0.231 e. The number of alkyl halides is 1. The number of halogens is 1. The van der Waals surface area contributed by atoms with Crippen molar-refractivity contribution in [3.05, 3.63) is 54.2 Å². The number of rotatable bonds is 5. The molecule has 152 valence electrons. The molecule has 0 spiro atoms. The van der Waals surface area contributed by atoms with Crippen molar-refractivity contribution in [1.82, 2.24) is 19.4 Å². The molecule has 0 saturated heterocycles. The van der Waals surface area contributed by atoms with Crippen LogP contribution in [0.25, 0.3) is 27.7 Å². The van der Waals surface area contributed by atoms with E-state index in [1.807, 2.05) is 16.8 Å². The van der Waals surface area contributed by atoms with Gasteiger partial charge in [0.15, 0.2) is 0 Å². The maximum absolute atomic E-state index is 13.2. The van der Waals surface area contributed by atoms with Gasteiger partial charge in [0.25, 0.3) is 0 Å². The van der Waals surface area contributed by atoms with E-state index in [1.165, 1.54) is 0 Å². The van der Waals surface area contributed by atoms with Gasteiger partial charge in [-0.1, -0.05) is 13.3 Å². The van der Waals surface area contributed by atoms with Crippen molar-refractivity contribution in [3.8, 4) is 11.1 Å². The maximum atomic E-state index is 13.2. The largest absolute Gasteiger partial charge is 0.310 e. The lowest BCUT2D eigenvalue weighted by Crippen LogP contribution is -2.15. The minimum atomic E-state index is -1.03. The number of aryl methyl sites for hydroxylation is 2. The van der Waals surface area contributed by atoms with Crippen molar-refractivity contribution in [2.75, 3.05) is 5.32 Å². The number of hydrogen-bond donors (Lipinski definition) is 1. The average molecular weight is 403 g/mol. The molecule has 6 nitrogen and oxygen atoms in total. The van der Waals surface area contributed by atoms with E-state index in [2.05, 4.69) is 46.2 Å². The first-order valence-corrected chi connectivity index (χ1v) is 10.2.